The van der Waals surface area contributed by atoms with Crippen LogP contribution in [0.15, 0.2) is 0 Å². The van der Waals surface area contributed by atoms with Gasteiger partial charge in [0.15, 0.2) is 0 Å². The van der Waals surface area contributed by atoms with E-state index in [1.54, 1.807) is 0 Å². The number of carboxylic acids is 1. The molecule has 0 aromatic heterocycles. The number of amides is 2. The molecule has 2 atom stereocenters. The second kappa shape index (κ2) is 35.7. The molecule has 0 bridgehead atoms. The van der Waals surface area contributed by atoms with Crippen molar-refractivity contribution in [2.45, 2.75) is 219 Å². The van der Waals surface area contributed by atoms with Crippen LogP contribution in [-0.4, -0.2) is 59.3 Å². The lowest BCUT2D eigenvalue weighted by atomic mass is 10.0. The topological polar surface area (TPSA) is 142 Å². The van der Waals surface area contributed by atoms with Crippen molar-refractivity contribution in [1.82, 2.24) is 10.6 Å². The molecule has 0 aromatic rings. The number of hydrogen-bond donors (Lipinski definition) is 4. The molecule has 0 fully saturated rings. The minimum absolute atomic E-state index is 0.0801. The van der Waals surface area contributed by atoms with Crippen molar-refractivity contribution < 1.29 is 34.1 Å². The minimum atomic E-state index is -1.39. The fourth-order valence-electron chi connectivity index (χ4n) is 6.24. The summed E-state index contributed by atoms with van der Waals surface area (Å²) < 4.78 is 5.77. The Morgan fingerprint density at radius 3 is 1.39 bits per heavy atom. The molecule has 0 saturated heterocycles. The molecular weight excluding hydrogens is 620 g/mol. The summed E-state index contributed by atoms with van der Waals surface area (Å²) in [6.07, 6.45) is 35.2. The van der Waals surface area contributed by atoms with Crippen molar-refractivity contribution in [3.8, 4) is 0 Å². The van der Waals surface area contributed by atoms with Gasteiger partial charge >= 0.3 is 11.9 Å². The highest BCUT2D eigenvalue weighted by molar-refractivity contribution is 5.87. The third kappa shape index (κ3) is 32.8. The molecule has 0 saturated carbocycles. The predicted molar refractivity (Wildman–Crippen MR) is 199 cm³/mol. The Labute approximate surface area is 299 Å². The lowest BCUT2D eigenvalue weighted by Crippen LogP contribution is -2.47. The first-order valence-corrected chi connectivity index (χ1v) is 20.4. The van der Waals surface area contributed by atoms with Crippen LogP contribution in [-0.2, 0) is 23.9 Å². The third-order valence-electron chi connectivity index (χ3n) is 9.34. The smallest absolute Gasteiger partial charge is 0.328 e. The lowest BCUT2D eigenvalue weighted by molar-refractivity contribution is -0.150. The van der Waals surface area contributed by atoms with Gasteiger partial charge in [0.25, 0.3) is 0 Å². The van der Waals surface area contributed by atoms with Crippen LogP contribution in [0.4, 0.5) is 0 Å². The van der Waals surface area contributed by atoms with E-state index in [1.165, 1.54) is 128 Å². The zero-order valence-corrected chi connectivity index (χ0v) is 31.7. The molecule has 0 aliphatic rings. The number of rotatable bonds is 37. The van der Waals surface area contributed by atoms with Crippen LogP contribution in [0.1, 0.15) is 206 Å². The minimum Gasteiger partial charge on any atom is -0.480 e. The number of aliphatic hydroxyl groups excluding tert-OH is 1. The number of carbonyl (C=O) groups excluding carboxylic acids is 3. The average molecular weight is 697 g/mol. The van der Waals surface area contributed by atoms with Crippen molar-refractivity contribution in [2.75, 3.05) is 13.2 Å². The SMILES string of the molecule is CCCCCCCCCCCCCCCCCCCCCCCCC(=O)OC(CCC)CCCCCC(=O)NCC(=O)NC(CO)C(=O)O. The quantitative estimate of drug-likeness (QED) is 0.0375. The Morgan fingerprint density at radius 2 is 0.959 bits per heavy atom. The number of aliphatic hydroxyl groups is 1. The average Bonchev–Trinajstić information content (AvgIpc) is 3.08. The van der Waals surface area contributed by atoms with Gasteiger partial charge in [-0.2, -0.15) is 0 Å². The number of aliphatic carboxylic acids is 1. The van der Waals surface area contributed by atoms with E-state index in [2.05, 4.69) is 24.5 Å². The van der Waals surface area contributed by atoms with Gasteiger partial charge in [-0.15, -0.1) is 0 Å². The van der Waals surface area contributed by atoms with Crippen LogP contribution in [0, 0.1) is 0 Å². The highest BCUT2D eigenvalue weighted by atomic mass is 16.5. The number of hydrogen-bond acceptors (Lipinski definition) is 6. The molecule has 0 rings (SSSR count). The van der Waals surface area contributed by atoms with Gasteiger partial charge in [0.1, 0.15) is 12.1 Å². The monoisotopic (exact) mass is 697 g/mol. The van der Waals surface area contributed by atoms with E-state index in [1.807, 2.05) is 0 Å². The molecular formula is C40H76N2O7. The fraction of sp³-hybridized carbons (Fsp3) is 0.900. The van der Waals surface area contributed by atoms with Crippen molar-refractivity contribution >= 4 is 23.8 Å². The van der Waals surface area contributed by atoms with Gasteiger partial charge in [-0.05, 0) is 32.1 Å². The first kappa shape index (κ1) is 46.8. The maximum absolute atomic E-state index is 12.4. The molecule has 2 unspecified atom stereocenters. The third-order valence-corrected chi connectivity index (χ3v) is 9.34. The number of carbonyl (C=O) groups is 4. The van der Waals surface area contributed by atoms with Gasteiger partial charge in [0.05, 0.1) is 13.2 Å². The fourth-order valence-corrected chi connectivity index (χ4v) is 6.24. The van der Waals surface area contributed by atoms with Gasteiger partial charge in [-0.25, -0.2) is 4.79 Å². The van der Waals surface area contributed by atoms with E-state index >= 15 is 0 Å². The number of nitrogens with one attached hydrogen (secondary N) is 2. The van der Waals surface area contributed by atoms with Gasteiger partial charge < -0.3 is 25.6 Å². The van der Waals surface area contributed by atoms with Crippen LogP contribution in [0.3, 0.4) is 0 Å². The first-order chi connectivity index (χ1) is 23.8. The standard InChI is InChI=1S/C40H76N2O7/c1-3-5-6-7-8-9-10-11-12-13-14-15-16-17-18-19-20-21-22-23-24-28-32-39(46)49-35(29-4-2)30-26-25-27-31-37(44)41-33-38(45)42-36(34-43)40(47)48/h35-36,43H,3-34H2,1-2H3,(H,41,44)(H,42,45)(H,47,48). The molecule has 0 aliphatic heterocycles. The first-order valence-electron chi connectivity index (χ1n) is 20.4. The molecule has 9 nitrogen and oxygen atoms in total. The highest BCUT2D eigenvalue weighted by Crippen LogP contribution is 2.17. The molecule has 9 heteroatoms. The van der Waals surface area contributed by atoms with E-state index < -0.39 is 24.5 Å². The van der Waals surface area contributed by atoms with E-state index in [9.17, 15) is 19.2 Å². The summed E-state index contributed by atoms with van der Waals surface area (Å²) in [5.41, 5.74) is 0. The molecule has 0 radical (unpaired) electrons. The van der Waals surface area contributed by atoms with Crippen molar-refractivity contribution in [2.24, 2.45) is 0 Å². The maximum atomic E-state index is 12.4. The van der Waals surface area contributed by atoms with E-state index in [4.69, 9.17) is 14.9 Å². The number of ether oxygens (including phenoxy) is 1. The molecule has 0 spiro atoms. The Morgan fingerprint density at radius 1 is 0.531 bits per heavy atom. The number of unbranched alkanes of at least 4 members (excludes halogenated alkanes) is 23. The van der Waals surface area contributed by atoms with E-state index in [-0.39, 0.29) is 30.9 Å². The van der Waals surface area contributed by atoms with E-state index in [0.29, 0.717) is 12.8 Å². The summed E-state index contributed by atoms with van der Waals surface area (Å²) in [5, 5.41) is 22.4. The van der Waals surface area contributed by atoms with E-state index in [0.717, 1.165) is 44.9 Å². The molecule has 0 aliphatic carbocycles. The zero-order chi connectivity index (χ0) is 36.2. The number of esters is 1. The Bertz CT molecular complexity index is 807. The molecule has 0 aromatic carbocycles. The van der Waals surface area contributed by atoms with Crippen molar-refractivity contribution in [3.63, 3.8) is 0 Å². The van der Waals surface area contributed by atoms with Gasteiger partial charge in [-0.1, -0.05) is 162 Å². The summed E-state index contributed by atoms with van der Waals surface area (Å²) in [7, 11) is 0. The Kier molecular flexibility index (Phi) is 34.1. The molecule has 288 valence electrons. The summed E-state index contributed by atoms with van der Waals surface area (Å²) in [4.78, 5) is 46.9. The molecule has 4 N–H and O–H groups in total. The normalized spacial score (nSPS) is 12.4. The largest absolute Gasteiger partial charge is 0.480 e. The summed E-state index contributed by atoms with van der Waals surface area (Å²) in [6, 6.07) is -1.39. The number of carboxylic acid groups (broad SMARTS) is 1. The summed E-state index contributed by atoms with van der Waals surface area (Å²) in [6.45, 7) is 3.31. The lowest BCUT2D eigenvalue weighted by Gasteiger charge is -2.17. The van der Waals surface area contributed by atoms with Crippen molar-refractivity contribution in [3.05, 3.63) is 0 Å². The van der Waals surface area contributed by atoms with Gasteiger partial charge in [0.2, 0.25) is 11.8 Å². The molecule has 2 amide bonds. The maximum Gasteiger partial charge on any atom is 0.328 e. The Hall–Kier alpha value is -2.16. The van der Waals surface area contributed by atoms with Crippen LogP contribution in [0.5, 0.6) is 0 Å². The zero-order valence-electron chi connectivity index (χ0n) is 31.7. The second-order valence-corrected chi connectivity index (χ2v) is 14.1. The van der Waals surface area contributed by atoms with Gasteiger partial charge in [0, 0.05) is 12.8 Å². The van der Waals surface area contributed by atoms with Crippen molar-refractivity contribution in [1.29, 1.82) is 0 Å². The van der Waals surface area contributed by atoms with Crippen LogP contribution < -0.4 is 10.6 Å². The Balaban J connectivity index is 3.63. The van der Waals surface area contributed by atoms with Crippen LogP contribution in [0.25, 0.3) is 0 Å². The summed E-state index contributed by atoms with van der Waals surface area (Å²) in [5.74, 6) is -2.39. The van der Waals surface area contributed by atoms with Crippen LogP contribution >= 0.6 is 0 Å². The second-order valence-electron chi connectivity index (χ2n) is 14.1. The van der Waals surface area contributed by atoms with Gasteiger partial charge in [-0.3, -0.25) is 14.4 Å². The summed E-state index contributed by atoms with van der Waals surface area (Å²) >= 11 is 0. The molecule has 49 heavy (non-hydrogen) atoms. The molecule has 0 heterocycles. The van der Waals surface area contributed by atoms with Crippen LogP contribution in [0.2, 0.25) is 0 Å². The highest BCUT2D eigenvalue weighted by Gasteiger charge is 2.19. The predicted octanol–water partition coefficient (Wildman–Crippen LogP) is 9.32.